The van der Waals surface area contributed by atoms with Crippen LogP contribution in [0.2, 0.25) is 0 Å². The van der Waals surface area contributed by atoms with E-state index in [-0.39, 0.29) is 5.69 Å². The van der Waals surface area contributed by atoms with E-state index >= 15 is 0 Å². The van der Waals surface area contributed by atoms with E-state index in [1.54, 1.807) is 12.1 Å². The predicted molar refractivity (Wildman–Crippen MR) is 76.7 cm³/mol. The van der Waals surface area contributed by atoms with Crippen LogP contribution in [0.4, 0.5) is 11.4 Å². The number of nitrogens with two attached hydrogens (primary N) is 1. The second-order valence-electron chi connectivity index (χ2n) is 4.64. The normalized spacial score (nSPS) is 11.1. The van der Waals surface area contributed by atoms with Gasteiger partial charge in [-0.25, -0.2) is 0 Å². The number of nitrogens with zero attached hydrogens (tertiary/aromatic N) is 2. The van der Waals surface area contributed by atoms with Crippen LogP contribution in [0.25, 0.3) is 0 Å². The second-order valence-corrected chi connectivity index (χ2v) is 4.64. The molecule has 1 aromatic carbocycles. The Morgan fingerprint density at radius 1 is 1.42 bits per heavy atom. The predicted octanol–water partition coefficient (Wildman–Crippen LogP) is 2.50. The Morgan fingerprint density at radius 2 is 2.05 bits per heavy atom. The zero-order valence-electron chi connectivity index (χ0n) is 11.7. The number of hydrazine groups is 1. The van der Waals surface area contributed by atoms with Gasteiger partial charge in [0.25, 0.3) is 5.69 Å². The van der Waals surface area contributed by atoms with Gasteiger partial charge in [0.2, 0.25) is 0 Å². The Balaban J connectivity index is 2.88. The van der Waals surface area contributed by atoms with E-state index in [2.05, 4.69) is 31.2 Å². The Morgan fingerprint density at radius 3 is 2.53 bits per heavy atom. The summed E-state index contributed by atoms with van der Waals surface area (Å²) in [6.07, 6.45) is 2.17. The summed E-state index contributed by atoms with van der Waals surface area (Å²) >= 11 is 0. The monoisotopic (exact) mass is 266 g/mol. The van der Waals surface area contributed by atoms with Gasteiger partial charge in [-0.3, -0.25) is 20.9 Å². The van der Waals surface area contributed by atoms with Crippen LogP contribution in [0, 0.1) is 10.1 Å². The molecule has 3 N–H and O–H groups in total. The molecule has 106 valence electrons. The molecule has 19 heavy (non-hydrogen) atoms. The molecule has 0 amide bonds. The van der Waals surface area contributed by atoms with Gasteiger partial charge in [0.1, 0.15) is 5.69 Å². The largest absolute Gasteiger partial charge is 0.318 e. The lowest BCUT2D eigenvalue weighted by Gasteiger charge is -2.26. The molecule has 0 atom stereocenters. The molecule has 0 aliphatic heterocycles. The molecule has 0 unspecified atom stereocenters. The molecule has 0 saturated carbocycles. The van der Waals surface area contributed by atoms with E-state index in [1.165, 1.54) is 6.07 Å². The van der Waals surface area contributed by atoms with Crippen molar-refractivity contribution in [2.75, 3.05) is 12.5 Å². The molecule has 0 heterocycles. The first-order valence-corrected chi connectivity index (χ1v) is 6.47. The Hall–Kier alpha value is -1.66. The summed E-state index contributed by atoms with van der Waals surface area (Å²) in [7, 11) is 2.06. The molecule has 0 aromatic heterocycles. The highest BCUT2D eigenvalue weighted by molar-refractivity contribution is 5.62. The molecule has 1 rings (SSSR count). The van der Waals surface area contributed by atoms with Crippen LogP contribution in [0.15, 0.2) is 18.2 Å². The number of benzene rings is 1. The molecule has 0 aliphatic rings. The van der Waals surface area contributed by atoms with Gasteiger partial charge in [0, 0.05) is 18.7 Å². The van der Waals surface area contributed by atoms with Crippen LogP contribution >= 0.6 is 0 Å². The third-order valence-electron chi connectivity index (χ3n) is 3.41. The number of nitrogens with one attached hydrogen (secondary N) is 1. The number of anilines is 1. The van der Waals surface area contributed by atoms with Gasteiger partial charge >= 0.3 is 0 Å². The zero-order chi connectivity index (χ0) is 14.4. The first-order valence-electron chi connectivity index (χ1n) is 6.47. The van der Waals surface area contributed by atoms with E-state index in [4.69, 9.17) is 5.84 Å². The minimum absolute atomic E-state index is 0.00330. The van der Waals surface area contributed by atoms with Crippen molar-refractivity contribution in [2.45, 2.75) is 39.3 Å². The topological polar surface area (TPSA) is 84.4 Å². The lowest BCUT2D eigenvalue weighted by molar-refractivity contribution is -0.384. The molecule has 6 heteroatoms. The summed E-state index contributed by atoms with van der Waals surface area (Å²) < 4.78 is 0. The average molecular weight is 266 g/mol. The average Bonchev–Trinajstić information content (AvgIpc) is 2.39. The zero-order valence-corrected chi connectivity index (χ0v) is 11.7. The molecule has 0 radical (unpaired) electrons. The van der Waals surface area contributed by atoms with E-state index in [0.717, 1.165) is 24.9 Å². The van der Waals surface area contributed by atoms with Crippen molar-refractivity contribution in [1.29, 1.82) is 0 Å². The van der Waals surface area contributed by atoms with Crippen molar-refractivity contribution in [1.82, 2.24) is 4.90 Å². The van der Waals surface area contributed by atoms with Crippen molar-refractivity contribution >= 4 is 11.4 Å². The quantitative estimate of drug-likeness (QED) is 0.450. The van der Waals surface area contributed by atoms with Crippen LogP contribution in [0.3, 0.4) is 0 Å². The summed E-state index contributed by atoms with van der Waals surface area (Å²) in [5, 5.41) is 10.8. The van der Waals surface area contributed by atoms with Gasteiger partial charge in [-0.15, -0.1) is 0 Å². The van der Waals surface area contributed by atoms with E-state index in [0.29, 0.717) is 11.7 Å². The minimum Gasteiger partial charge on any atom is -0.318 e. The fourth-order valence-corrected chi connectivity index (χ4v) is 2.29. The number of nitro groups is 1. The van der Waals surface area contributed by atoms with Crippen molar-refractivity contribution in [2.24, 2.45) is 5.84 Å². The van der Waals surface area contributed by atoms with Crippen molar-refractivity contribution in [3.63, 3.8) is 0 Å². The first-order chi connectivity index (χ1) is 9.03. The molecule has 6 nitrogen and oxygen atoms in total. The maximum absolute atomic E-state index is 10.8. The van der Waals surface area contributed by atoms with Crippen LogP contribution < -0.4 is 11.3 Å². The van der Waals surface area contributed by atoms with E-state index in [9.17, 15) is 10.1 Å². The summed E-state index contributed by atoms with van der Waals surface area (Å²) in [6.45, 7) is 5.07. The number of hydrogen-bond donors (Lipinski definition) is 2. The van der Waals surface area contributed by atoms with Gasteiger partial charge in [-0.2, -0.15) is 0 Å². The van der Waals surface area contributed by atoms with Crippen LogP contribution in [-0.2, 0) is 6.54 Å². The standard InChI is InChI=1S/C13H22N4O2/c1-4-11(5-2)16(3)9-10-6-7-13(17(18)19)12(8-10)15-14/h6-8,11,15H,4-5,9,14H2,1-3H3. The lowest BCUT2D eigenvalue weighted by Crippen LogP contribution is -2.30. The van der Waals surface area contributed by atoms with Gasteiger partial charge in [0.15, 0.2) is 0 Å². The van der Waals surface area contributed by atoms with Crippen molar-refractivity contribution < 1.29 is 4.92 Å². The highest BCUT2D eigenvalue weighted by Crippen LogP contribution is 2.25. The number of nitro benzene ring substituents is 1. The lowest BCUT2D eigenvalue weighted by atomic mass is 10.1. The van der Waals surface area contributed by atoms with Gasteiger partial charge in [0.05, 0.1) is 4.92 Å². The number of rotatable bonds is 7. The maximum Gasteiger partial charge on any atom is 0.293 e. The molecular formula is C13H22N4O2. The SMILES string of the molecule is CCC(CC)N(C)Cc1ccc([N+](=O)[O-])c(NN)c1. The third kappa shape index (κ3) is 3.90. The summed E-state index contributed by atoms with van der Waals surface area (Å²) in [5.74, 6) is 5.33. The fraction of sp³-hybridized carbons (Fsp3) is 0.538. The molecule has 0 fully saturated rings. The summed E-state index contributed by atoms with van der Waals surface area (Å²) in [5.41, 5.74) is 3.74. The summed E-state index contributed by atoms with van der Waals surface area (Å²) in [4.78, 5) is 12.6. The third-order valence-corrected chi connectivity index (χ3v) is 3.41. The Labute approximate surface area is 113 Å². The first kappa shape index (κ1) is 15.4. The van der Waals surface area contributed by atoms with Crippen LogP contribution in [0.5, 0.6) is 0 Å². The van der Waals surface area contributed by atoms with Crippen molar-refractivity contribution in [3.05, 3.63) is 33.9 Å². The van der Waals surface area contributed by atoms with Gasteiger partial charge in [-0.1, -0.05) is 19.9 Å². The molecular weight excluding hydrogens is 244 g/mol. The fourth-order valence-electron chi connectivity index (χ4n) is 2.29. The number of hydrogen-bond acceptors (Lipinski definition) is 5. The molecule has 0 spiro atoms. The van der Waals surface area contributed by atoms with Gasteiger partial charge < -0.3 is 5.43 Å². The highest BCUT2D eigenvalue weighted by Gasteiger charge is 2.15. The van der Waals surface area contributed by atoms with Gasteiger partial charge in [-0.05, 0) is 31.5 Å². The van der Waals surface area contributed by atoms with Crippen LogP contribution in [0.1, 0.15) is 32.3 Å². The van der Waals surface area contributed by atoms with Crippen LogP contribution in [-0.4, -0.2) is 22.9 Å². The molecule has 1 aromatic rings. The molecule has 0 aliphatic carbocycles. The summed E-state index contributed by atoms with van der Waals surface area (Å²) in [6, 6.07) is 5.52. The molecule has 0 saturated heterocycles. The van der Waals surface area contributed by atoms with Crippen molar-refractivity contribution in [3.8, 4) is 0 Å². The van der Waals surface area contributed by atoms with E-state index in [1.807, 2.05) is 0 Å². The smallest absolute Gasteiger partial charge is 0.293 e. The Bertz CT molecular complexity index is 433. The Kier molecular flexibility index (Phi) is 5.72. The van der Waals surface area contributed by atoms with E-state index < -0.39 is 4.92 Å². The minimum atomic E-state index is -0.441. The molecule has 0 bridgehead atoms. The second kappa shape index (κ2) is 7.06. The highest BCUT2D eigenvalue weighted by atomic mass is 16.6. The number of nitrogen functional groups attached to an aromatic ring is 1. The maximum atomic E-state index is 10.8.